The Morgan fingerprint density at radius 3 is 2.71 bits per heavy atom. The summed E-state index contributed by atoms with van der Waals surface area (Å²) < 4.78 is 31.5. The van der Waals surface area contributed by atoms with Gasteiger partial charge in [-0.3, -0.25) is 9.78 Å². The fourth-order valence-electron chi connectivity index (χ4n) is 3.84. The van der Waals surface area contributed by atoms with Gasteiger partial charge in [0, 0.05) is 56.5 Å². The van der Waals surface area contributed by atoms with Gasteiger partial charge in [-0.1, -0.05) is 0 Å². The second-order valence-electron chi connectivity index (χ2n) is 7.92. The largest absolute Gasteiger partial charge is 0.374 e. The van der Waals surface area contributed by atoms with Gasteiger partial charge < -0.3 is 14.6 Å². The van der Waals surface area contributed by atoms with Crippen LogP contribution >= 0.6 is 0 Å². The molecule has 1 N–H and O–H groups in total. The molecule has 0 amide bonds. The highest BCUT2D eigenvalue weighted by Crippen LogP contribution is 2.30. The average Bonchev–Trinajstić information content (AvgIpc) is 3.15. The normalized spacial score (nSPS) is 17.1. The third-order valence-electron chi connectivity index (χ3n) is 5.64. The van der Waals surface area contributed by atoms with Crippen LogP contribution in [0.2, 0.25) is 0 Å². The zero-order valence-corrected chi connectivity index (χ0v) is 17.7. The number of aldehydes is 1. The van der Waals surface area contributed by atoms with E-state index in [-0.39, 0.29) is 22.7 Å². The number of fused-ring (bicyclic) bond motifs is 1. The van der Waals surface area contributed by atoms with Gasteiger partial charge >= 0.3 is 0 Å². The number of nitrogens with one attached hydrogen (secondary N) is 1. The Kier molecular flexibility index (Phi) is 5.53. The van der Waals surface area contributed by atoms with Gasteiger partial charge in [0.25, 0.3) is 0 Å². The number of piperidine rings is 1. The lowest BCUT2D eigenvalue weighted by molar-refractivity contribution is 0.112. The van der Waals surface area contributed by atoms with E-state index in [0.717, 1.165) is 0 Å². The summed E-state index contributed by atoms with van der Waals surface area (Å²) in [6, 6.07) is 2.86. The van der Waals surface area contributed by atoms with Crippen LogP contribution in [-0.2, 0) is 0 Å². The van der Waals surface area contributed by atoms with E-state index in [1.165, 1.54) is 18.3 Å². The number of likely N-dealkylation sites (tertiary alicyclic amines) is 1. The molecule has 0 aliphatic carbocycles. The quantitative estimate of drug-likeness (QED) is 0.394. The Morgan fingerprint density at radius 2 is 2.03 bits per heavy atom. The van der Waals surface area contributed by atoms with Crippen molar-refractivity contribution in [1.29, 1.82) is 0 Å². The van der Waals surface area contributed by atoms with Crippen molar-refractivity contribution in [2.45, 2.75) is 25.4 Å². The van der Waals surface area contributed by atoms with Crippen LogP contribution < -0.4 is 5.32 Å². The number of aliphatic imine (C=N–C) groups is 1. The summed E-state index contributed by atoms with van der Waals surface area (Å²) >= 11 is 0. The third kappa shape index (κ3) is 4.05. The highest BCUT2D eigenvalue weighted by molar-refractivity contribution is 5.95. The van der Waals surface area contributed by atoms with Crippen LogP contribution in [0.25, 0.3) is 16.9 Å². The number of carbonyl (C=O) groups is 1. The fraction of sp³-hybridized carbons (Fsp3) is 0.364. The summed E-state index contributed by atoms with van der Waals surface area (Å²) in [4.78, 5) is 26.7. The van der Waals surface area contributed by atoms with E-state index in [4.69, 9.17) is 0 Å². The lowest BCUT2D eigenvalue weighted by Crippen LogP contribution is -2.49. The molecule has 0 unspecified atom stereocenters. The van der Waals surface area contributed by atoms with Crippen molar-refractivity contribution < 1.29 is 13.6 Å². The molecule has 9 heteroatoms. The molecular formula is C22H24F2N6O. The number of imidazole rings is 1. The lowest BCUT2D eigenvalue weighted by Gasteiger charge is -2.35. The maximum atomic E-state index is 15.5. The van der Waals surface area contributed by atoms with E-state index in [1.807, 2.05) is 7.05 Å². The zero-order chi connectivity index (χ0) is 22.2. The number of hydrogen-bond acceptors (Lipinski definition) is 5. The summed E-state index contributed by atoms with van der Waals surface area (Å²) in [6.45, 7) is 3.02. The predicted molar refractivity (Wildman–Crippen MR) is 115 cm³/mol. The SMILES string of the molecule is CN/C(=N\c1cnc(-c2cc(F)c3nc(C)cn3c2)cc1C=O)C1(F)CCN(C)CC1. The summed E-state index contributed by atoms with van der Waals surface area (Å²) in [7, 11) is 3.57. The number of nitrogens with zero attached hydrogens (tertiary/aromatic N) is 5. The molecule has 0 spiro atoms. The van der Waals surface area contributed by atoms with Gasteiger partial charge in [0.05, 0.1) is 23.3 Å². The van der Waals surface area contributed by atoms with E-state index >= 15 is 4.39 Å². The average molecular weight is 426 g/mol. The van der Waals surface area contributed by atoms with Gasteiger partial charge in [-0.05, 0) is 26.1 Å². The third-order valence-corrected chi connectivity index (χ3v) is 5.64. The first-order valence-corrected chi connectivity index (χ1v) is 10.1. The van der Waals surface area contributed by atoms with E-state index in [2.05, 4.69) is 25.2 Å². The molecular weight excluding hydrogens is 402 g/mol. The molecule has 4 heterocycles. The molecule has 1 saturated heterocycles. The van der Waals surface area contributed by atoms with E-state index in [1.54, 1.807) is 30.8 Å². The molecule has 3 aromatic heterocycles. The number of pyridine rings is 2. The number of halogens is 2. The van der Waals surface area contributed by atoms with Gasteiger partial charge in [0.2, 0.25) is 0 Å². The number of amidine groups is 1. The second-order valence-corrected chi connectivity index (χ2v) is 7.92. The van der Waals surface area contributed by atoms with Crippen LogP contribution in [0.3, 0.4) is 0 Å². The van der Waals surface area contributed by atoms with Crippen molar-refractivity contribution in [3.63, 3.8) is 0 Å². The number of aromatic nitrogens is 3. The van der Waals surface area contributed by atoms with Crippen LogP contribution in [0.4, 0.5) is 14.5 Å². The van der Waals surface area contributed by atoms with Crippen molar-refractivity contribution in [3.8, 4) is 11.3 Å². The summed E-state index contributed by atoms with van der Waals surface area (Å²) in [5.41, 5.74) is 0.739. The number of aryl methyl sites for hydroxylation is 1. The van der Waals surface area contributed by atoms with Crippen molar-refractivity contribution in [2.75, 3.05) is 27.2 Å². The molecule has 7 nitrogen and oxygen atoms in total. The van der Waals surface area contributed by atoms with Gasteiger partial charge in [-0.2, -0.15) is 0 Å². The number of alkyl halides is 1. The summed E-state index contributed by atoms with van der Waals surface area (Å²) in [6.07, 6.45) is 6.10. The monoisotopic (exact) mass is 426 g/mol. The molecule has 1 aliphatic heterocycles. The maximum absolute atomic E-state index is 15.5. The smallest absolute Gasteiger partial charge is 0.173 e. The highest BCUT2D eigenvalue weighted by Gasteiger charge is 2.38. The molecule has 1 aliphatic rings. The fourth-order valence-corrected chi connectivity index (χ4v) is 3.84. The molecule has 0 atom stereocenters. The van der Waals surface area contributed by atoms with Gasteiger partial charge in [-0.25, -0.2) is 18.8 Å². The molecule has 0 radical (unpaired) electrons. The molecule has 4 rings (SSSR count). The first-order valence-electron chi connectivity index (χ1n) is 10.1. The minimum atomic E-state index is -1.59. The standard InChI is InChI=1S/C22H24F2N6O/c1-14-11-30-12-15(8-17(23)20(30)27-14)18-9-16(13-31)19(10-26-18)28-21(25-2)22(24)4-6-29(3)7-5-22/h8-13H,4-7H2,1-3H3,(H,25,28). The molecule has 0 saturated carbocycles. The Morgan fingerprint density at radius 1 is 1.29 bits per heavy atom. The van der Waals surface area contributed by atoms with Crippen molar-refractivity contribution in [1.82, 2.24) is 24.6 Å². The van der Waals surface area contributed by atoms with E-state index < -0.39 is 11.5 Å². The number of hydrogen-bond donors (Lipinski definition) is 1. The van der Waals surface area contributed by atoms with Crippen molar-refractivity contribution >= 4 is 23.5 Å². The maximum Gasteiger partial charge on any atom is 0.173 e. The summed E-state index contributed by atoms with van der Waals surface area (Å²) in [5, 5.41) is 2.86. The number of carbonyl (C=O) groups excluding carboxylic acids is 1. The van der Waals surface area contributed by atoms with Crippen LogP contribution in [0.1, 0.15) is 28.9 Å². The predicted octanol–water partition coefficient (Wildman–Crippen LogP) is 3.34. The summed E-state index contributed by atoms with van der Waals surface area (Å²) in [5.74, 6) is -0.305. The molecule has 0 aromatic carbocycles. The van der Waals surface area contributed by atoms with E-state index in [9.17, 15) is 9.18 Å². The first-order chi connectivity index (χ1) is 14.8. The molecule has 1 fully saturated rings. The Bertz CT molecular complexity index is 1160. The van der Waals surface area contributed by atoms with Crippen LogP contribution in [0, 0.1) is 12.7 Å². The number of rotatable bonds is 4. The molecule has 3 aromatic rings. The first kappa shape index (κ1) is 21.0. The minimum absolute atomic E-state index is 0.180. The Labute approximate surface area is 178 Å². The van der Waals surface area contributed by atoms with Gasteiger partial charge in [-0.15, -0.1) is 0 Å². The molecule has 0 bridgehead atoms. The van der Waals surface area contributed by atoms with E-state index in [0.29, 0.717) is 49.2 Å². The van der Waals surface area contributed by atoms with Crippen molar-refractivity contribution in [3.05, 3.63) is 47.8 Å². The second kappa shape index (κ2) is 8.14. The van der Waals surface area contributed by atoms with Gasteiger partial charge in [0.15, 0.2) is 23.4 Å². The van der Waals surface area contributed by atoms with Crippen LogP contribution in [-0.4, -0.2) is 64.2 Å². The Balaban J connectivity index is 1.71. The van der Waals surface area contributed by atoms with Crippen molar-refractivity contribution in [2.24, 2.45) is 4.99 Å². The molecule has 162 valence electrons. The Hall–Kier alpha value is -3.20. The minimum Gasteiger partial charge on any atom is -0.374 e. The van der Waals surface area contributed by atoms with Crippen LogP contribution in [0.5, 0.6) is 0 Å². The highest BCUT2D eigenvalue weighted by atomic mass is 19.1. The lowest BCUT2D eigenvalue weighted by atomic mass is 9.92. The topological polar surface area (TPSA) is 74.9 Å². The zero-order valence-electron chi connectivity index (χ0n) is 17.7. The van der Waals surface area contributed by atoms with Gasteiger partial charge in [0.1, 0.15) is 5.84 Å². The molecule has 31 heavy (non-hydrogen) atoms. The van der Waals surface area contributed by atoms with Crippen LogP contribution in [0.15, 0.2) is 35.7 Å².